The molecule has 0 unspecified atom stereocenters. The number of aromatic nitrogens is 4. The summed E-state index contributed by atoms with van der Waals surface area (Å²) >= 11 is 3.44. The number of anilines is 1. The van der Waals surface area contributed by atoms with Crippen molar-refractivity contribution in [1.29, 1.82) is 0 Å². The van der Waals surface area contributed by atoms with Gasteiger partial charge in [0.25, 0.3) is 10.0 Å². The number of aryl methyl sites for hydroxylation is 1. The van der Waals surface area contributed by atoms with E-state index in [-0.39, 0.29) is 10.7 Å². The molecule has 1 N–H and O–H groups in total. The SMILES string of the molecule is CCCc1ccc(S(=O)(=O)Nc2ccc3nnc(-c4cccc(Br)c4)n3n2)cc1. The molecule has 0 aliphatic carbocycles. The number of nitrogens with one attached hydrogen (secondary N) is 1. The van der Waals surface area contributed by atoms with E-state index in [1.807, 2.05) is 36.4 Å². The van der Waals surface area contributed by atoms with E-state index in [1.165, 1.54) is 4.52 Å². The second kappa shape index (κ2) is 7.92. The minimum absolute atomic E-state index is 0.186. The molecule has 0 spiro atoms. The van der Waals surface area contributed by atoms with Gasteiger partial charge in [0, 0.05) is 10.0 Å². The van der Waals surface area contributed by atoms with Gasteiger partial charge in [0.2, 0.25) is 0 Å². The normalized spacial score (nSPS) is 11.7. The van der Waals surface area contributed by atoms with Crippen molar-refractivity contribution in [3.05, 3.63) is 70.7 Å². The van der Waals surface area contributed by atoms with E-state index in [2.05, 4.69) is 42.9 Å². The van der Waals surface area contributed by atoms with Crippen LogP contribution >= 0.6 is 15.9 Å². The highest BCUT2D eigenvalue weighted by atomic mass is 79.9. The molecular formula is C20H18BrN5O2S. The van der Waals surface area contributed by atoms with Gasteiger partial charge < -0.3 is 0 Å². The van der Waals surface area contributed by atoms with Gasteiger partial charge in [-0.1, -0.05) is 53.5 Å². The summed E-state index contributed by atoms with van der Waals surface area (Å²) in [6.45, 7) is 2.08. The number of rotatable bonds is 6. The van der Waals surface area contributed by atoms with Crippen molar-refractivity contribution < 1.29 is 8.42 Å². The largest absolute Gasteiger partial charge is 0.263 e. The zero-order valence-electron chi connectivity index (χ0n) is 15.6. The molecule has 7 nitrogen and oxygen atoms in total. The predicted molar refractivity (Wildman–Crippen MR) is 115 cm³/mol. The Bertz CT molecular complexity index is 1270. The maximum Gasteiger partial charge on any atom is 0.263 e. The monoisotopic (exact) mass is 471 g/mol. The van der Waals surface area contributed by atoms with Crippen molar-refractivity contribution in [3.8, 4) is 11.4 Å². The zero-order chi connectivity index (χ0) is 20.4. The first-order chi connectivity index (χ1) is 14.0. The van der Waals surface area contributed by atoms with E-state index in [0.717, 1.165) is 28.4 Å². The number of halogens is 1. The van der Waals surface area contributed by atoms with Gasteiger partial charge in [0.1, 0.15) is 0 Å². The van der Waals surface area contributed by atoms with Gasteiger partial charge in [0.15, 0.2) is 17.3 Å². The standard InChI is InChI=1S/C20H18BrN5O2S/c1-2-4-14-7-9-17(10-8-14)29(27,28)25-18-11-12-19-22-23-20(26(19)24-18)15-5-3-6-16(21)13-15/h3,5-13H,2,4H2,1H3,(H,24,25). The second-order valence-electron chi connectivity index (χ2n) is 6.52. The number of hydrogen-bond acceptors (Lipinski definition) is 5. The summed E-state index contributed by atoms with van der Waals surface area (Å²) in [5, 5.41) is 12.7. The third kappa shape index (κ3) is 4.15. The molecule has 0 saturated heterocycles. The first kappa shape index (κ1) is 19.5. The second-order valence-corrected chi connectivity index (χ2v) is 9.12. The molecule has 148 valence electrons. The molecule has 0 bridgehead atoms. The highest BCUT2D eigenvalue weighted by Crippen LogP contribution is 2.23. The van der Waals surface area contributed by atoms with Crippen molar-refractivity contribution in [2.24, 2.45) is 0 Å². The third-order valence-electron chi connectivity index (χ3n) is 4.36. The van der Waals surface area contributed by atoms with E-state index in [4.69, 9.17) is 0 Å². The molecule has 4 rings (SSSR count). The smallest absolute Gasteiger partial charge is 0.262 e. The van der Waals surface area contributed by atoms with Crippen molar-refractivity contribution >= 4 is 37.4 Å². The molecule has 29 heavy (non-hydrogen) atoms. The summed E-state index contributed by atoms with van der Waals surface area (Å²) in [5.74, 6) is 0.706. The van der Waals surface area contributed by atoms with E-state index in [1.54, 1.807) is 24.3 Å². The molecule has 0 fully saturated rings. The van der Waals surface area contributed by atoms with Crippen LogP contribution in [0.2, 0.25) is 0 Å². The number of sulfonamides is 1. The summed E-state index contributed by atoms with van der Waals surface area (Å²) in [6.07, 6.45) is 1.92. The van der Waals surface area contributed by atoms with Crippen molar-refractivity contribution in [2.75, 3.05) is 4.72 Å². The Kier molecular flexibility index (Phi) is 5.33. The Morgan fingerprint density at radius 2 is 1.83 bits per heavy atom. The Hall–Kier alpha value is -2.78. The van der Waals surface area contributed by atoms with Gasteiger partial charge >= 0.3 is 0 Å². The molecule has 4 aromatic rings. The molecular weight excluding hydrogens is 454 g/mol. The molecule has 0 saturated carbocycles. The van der Waals surface area contributed by atoms with Crippen LogP contribution in [-0.4, -0.2) is 28.2 Å². The maximum atomic E-state index is 12.7. The molecule has 2 aromatic carbocycles. The molecule has 0 radical (unpaired) electrons. The zero-order valence-corrected chi connectivity index (χ0v) is 18.0. The lowest BCUT2D eigenvalue weighted by Crippen LogP contribution is -2.15. The van der Waals surface area contributed by atoms with Crippen LogP contribution < -0.4 is 4.72 Å². The van der Waals surface area contributed by atoms with Crippen LogP contribution in [0, 0.1) is 0 Å². The summed E-state index contributed by atoms with van der Waals surface area (Å²) in [4.78, 5) is 0.190. The number of fused-ring (bicyclic) bond motifs is 1. The number of hydrogen-bond donors (Lipinski definition) is 1. The molecule has 2 heterocycles. The van der Waals surface area contributed by atoms with Gasteiger partial charge in [0.05, 0.1) is 4.90 Å². The molecule has 9 heteroatoms. The predicted octanol–water partition coefficient (Wildman–Crippen LogP) is 4.31. The summed E-state index contributed by atoms with van der Waals surface area (Å²) in [6, 6.07) is 17.7. The van der Waals surface area contributed by atoms with Crippen LogP contribution in [0.4, 0.5) is 5.82 Å². The fraction of sp³-hybridized carbons (Fsp3) is 0.150. The average molecular weight is 472 g/mol. The lowest BCUT2D eigenvalue weighted by atomic mass is 10.1. The van der Waals surface area contributed by atoms with Crippen LogP contribution in [0.3, 0.4) is 0 Å². The first-order valence-corrected chi connectivity index (χ1v) is 11.3. The lowest BCUT2D eigenvalue weighted by molar-refractivity contribution is 0.601. The van der Waals surface area contributed by atoms with Crippen LogP contribution in [0.5, 0.6) is 0 Å². The number of benzene rings is 2. The van der Waals surface area contributed by atoms with E-state index in [9.17, 15) is 8.42 Å². The minimum Gasteiger partial charge on any atom is -0.262 e. The minimum atomic E-state index is -3.76. The van der Waals surface area contributed by atoms with Crippen LogP contribution in [0.15, 0.2) is 70.0 Å². The highest BCUT2D eigenvalue weighted by molar-refractivity contribution is 9.10. The van der Waals surface area contributed by atoms with E-state index in [0.29, 0.717) is 11.5 Å². The van der Waals surface area contributed by atoms with Gasteiger partial charge in [-0.05, 0) is 48.4 Å². The van der Waals surface area contributed by atoms with Crippen LogP contribution in [-0.2, 0) is 16.4 Å². The molecule has 0 aliphatic heterocycles. The van der Waals surface area contributed by atoms with Crippen molar-refractivity contribution in [3.63, 3.8) is 0 Å². The third-order valence-corrected chi connectivity index (χ3v) is 6.22. The summed E-state index contributed by atoms with van der Waals surface area (Å²) in [5.41, 5.74) is 2.44. The average Bonchev–Trinajstić information content (AvgIpc) is 3.12. The summed E-state index contributed by atoms with van der Waals surface area (Å²) in [7, 11) is -3.76. The van der Waals surface area contributed by atoms with Crippen molar-refractivity contribution in [1.82, 2.24) is 19.8 Å². The number of nitrogens with zero attached hydrogens (tertiary/aromatic N) is 4. The quantitative estimate of drug-likeness (QED) is 0.452. The molecule has 0 aliphatic rings. The lowest BCUT2D eigenvalue weighted by Gasteiger charge is -2.09. The maximum absolute atomic E-state index is 12.7. The fourth-order valence-electron chi connectivity index (χ4n) is 2.97. The highest BCUT2D eigenvalue weighted by Gasteiger charge is 2.17. The van der Waals surface area contributed by atoms with Gasteiger partial charge in [-0.25, -0.2) is 8.42 Å². The molecule has 0 amide bonds. The fourth-order valence-corrected chi connectivity index (χ4v) is 4.37. The Morgan fingerprint density at radius 1 is 1.03 bits per heavy atom. The molecule has 0 atom stereocenters. The topological polar surface area (TPSA) is 89.2 Å². The van der Waals surface area contributed by atoms with Crippen LogP contribution in [0.25, 0.3) is 17.0 Å². The van der Waals surface area contributed by atoms with Crippen molar-refractivity contribution in [2.45, 2.75) is 24.7 Å². The van der Waals surface area contributed by atoms with Gasteiger partial charge in [-0.2, -0.15) is 4.52 Å². The molecule has 2 aromatic heterocycles. The van der Waals surface area contributed by atoms with E-state index >= 15 is 0 Å². The Morgan fingerprint density at radius 3 is 2.55 bits per heavy atom. The van der Waals surface area contributed by atoms with Gasteiger partial charge in [-0.3, -0.25) is 4.72 Å². The van der Waals surface area contributed by atoms with Crippen LogP contribution in [0.1, 0.15) is 18.9 Å². The first-order valence-electron chi connectivity index (χ1n) is 9.06. The van der Waals surface area contributed by atoms with Gasteiger partial charge in [-0.15, -0.1) is 15.3 Å². The Labute approximate surface area is 177 Å². The van der Waals surface area contributed by atoms with E-state index < -0.39 is 10.0 Å². The Balaban J connectivity index is 1.66. The summed E-state index contributed by atoms with van der Waals surface area (Å²) < 4.78 is 30.4.